The van der Waals surface area contributed by atoms with Crippen molar-refractivity contribution in [3.05, 3.63) is 71.2 Å². The van der Waals surface area contributed by atoms with Crippen LogP contribution in [0.15, 0.2) is 42.6 Å². The van der Waals surface area contributed by atoms with Crippen LogP contribution >= 0.6 is 0 Å². The average Bonchev–Trinajstić information content (AvgIpc) is 3.15. The number of pyridine rings is 1. The zero-order valence-electron chi connectivity index (χ0n) is 16.1. The van der Waals surface area contributed by atoms with Gasteiger partial charge in [-0.1, -0.05) is 18.2 Å². The first kappa shape index (κ1) is 17.9. The molecule has 0 spiro atoms. The highest BCUT2D eigenvalue weighted by atomic mass is 19.1. The maximum atomic E-state index is 13.1. The topological polar surface area (TPSA) is 94.0 Å². The molecule has 5 rings (SSSR count). The number of tetrazole rings is 1. The van der Waals surface area contributed by atoms with Crippen LogP contribution < -0.4 is 0 Å². The predicted octanol–water partition coefficient (Wildman–Crippen LogP) is 2.21. The van der Waals surface area contributed by atoms with Crippen molar-refractivity contribution in [3.63, 3.8) is 0 Å². The van der Waals surface area contributed by atoms with Gasteiger partial charge in [0.2, 0.25) is 0 Å². The highest BCUT2D eigenvalue weighted by molar-refractivity contribution is 5.52. The third-order valence-corrected chi connectivity index (χ3v) is 5.39. The van der Waals surface area contributed by atoms with Crippen LogP contribution in [0.1, 0.15) is 49.5 Å². The normalized spacial score (nSPS) is 15.7. The van der Waals surface area contributed by atoms with Gasteiger partial charge < -0.3 is 5.11 Å². The molecule has 0 radical (unpaired) electrons. The third kappa shape index (κ3) is 2.98. The molecule has 1 fully saturated rings. The van der Waals surface area contributed by atoms with E-state index in [4.69, 9.17) is 0 Å². The van der Waals surface area contributed by atoms with Crippen molar-refractivity contribution in [2.75, 3.05) is 0 Å². The fourth-order valence-electron chi connectivity index (χ4n) is 3.65. The van der Waals surface area contributed by atoms with Gasteiger partial charge in [0.15, 0.2) is 17.3 Å². The van der Waals surface area contributed by atoms with Crippen molar-refractivity contribution in [1.82, 2.24) is 34.8 Å². The molecule has 0 atom stereocenters. The Balaban J connectivity index is 1.50. The van der Waals surface area contributed by atoms with E-state index in [-0.39, 0.29) is 5.82 Å². The fraction of sp³-hybridized carbons (Fsp3) is 0.350. The molecule has 1 aliphatic carbocycles. The Bertz CT molecular complexity index is 1190. The molecule has 4 aromatic rings. The molecule has 0 aliphatic heterocycles. The molecule has 0 saturated heterocycles. The summed E-state index contributed by atoms with van der Waals surface area (Å²) in [5.74, 6) is 1.07. The smallest absolute Gasteiger partial charge is 0.188 e. The van der Waals surface area contributed by atoms with Gasteiger partial charge in [-0.25, -0.2) is 4.39 Å². The van der Waals surface area contributed by atoms with E-state index in [0.717, 1.165) is 24.2 Å². The largest absolute Gasteiger partial charge is 0.386 e. The molecule has 1 saturated carbocycles. The van der Waals surface area contributed by atoms with E-state index in [1.807, 2.05) is 22.7 Å². The monoisotopic (exact) mass is 393 g/mol. The van der Waals surface area contributed by atoms with Crippen LogP contribution in [-0.2, 0) is 17.6 Å². The van der Waals surface area contributed by atoms with Crippen LogP contribution in [0.2, 0.25) is 0 Å². The second-order valence-corrected chi connectivity index (χ2v) is 8.05. The van der Waals surface area contributed by atoms with E-state index < -0.39 is 11.0 Å². The summed E-state index contributed by atoms with van der Waals surface area (Å²) >= 11 is 0. The van der Waals surface area contributed by atoms with E-state index in [1.165, 1.54) is 16.9 Å². The summed E-state index contributed by atoms with van der Waals surface area (Å²) in [5.41, 5.74) is 0.768. The lowest BCUT2D eigenvalue weighted by molar-refractivity contribution is 0.0796. The number of fused-ring (bicyclic) bond motifs is 1. The van der Waals surface area contributed by atoms with Gasteiger partial charge in [-0.15, -0.1) is 20.4 Å². The molecule has 1 aliphatic rings. The highest BCUT2D eigenvalue weighted by Crippen LogP contribution is 2.51. The lowest BCUT2D eigenvalue weighted by Crippen LogP contribution is -2.19. The SMILES string of the molecule is CC(C)(O)c1cccn2c(C3(c4nnn(Cc5ccc(F)cc5)n4)CC3)nnc12. The van der Waals surface area contributed by atoms with Gasteiger partial charge in [-0.2, -0.15) is 4.80 Å². The molecule has 0 unspecified atom stereocenters. The minimum Gasteiger partial charge on any atom is -0.386 e. The molecule has 29 heavy (non-hydrogen) atoms. The molecule has 8 nitrogen and oxygen atoms in total. The summed E-state index contributed by atoms with van der Waals surface area (Å²) < 4.78 is 15.0. The summed E-state index contributed by atoms with van der Waals surface area (Å²) in [5, 5.41) is 32.2. The standard InChI is InChI=1S/C20H20FN7O/c1-19(2,29)15-4-3-11-27-16(15)22-24-18(27)20(9-10-20)17-23-26-28(25-17)12-13-5-7-14(21)8-6-13/h3-8,11,29H,9-10,12H2,1-2H3. The van der Waals surface area contributed by atoms with E-state index in [2.05, 4.69) is 25.6 Å². The van der Waals surface area contributed by atoms with Gasteiger partial charge in [0.05, 0.1) is 17.6 Å². The lowest BCUT2D eigenvalue weighted by atomic mass is 9.99. The molecule has 1 aromatic carbocycles. The lowest BCUT2D eigenvalue weighted by Gasteiger charge is -2.18. The summed E-state index contributed by atoms with van der Waals surface area (Å²) in [6.45, 7) is 3.87. The first-order valence-electron chi connectivity index (χ1n) is 9.47. The van der Waals surface area contributed by atoms with Crippen molar-refractivity contribution in [2.45, 2.75) is 44.2 Å². The Morgan fingerprint density at radius 3 is 2.55 bits per heavy atom. The minimum absolute atomic E-state index is 0.276. The Labute approximate surface area is 166 Å². The Hall–Kier alpha value is -3.20. The molecule has 148 valence electrons. The van der Waals surface area contributed by atoms with E-state index in [9.17, 15) is 9.50 Å². The van der Waals surface area contributed by atoms with Crippen LogP contribution in [0.3, 0.4) is 0 Å². The number of halogens is 1. The maximum absolute atomic E-state index is 13.1. The molecular formula is C20H20FN7O. The zero-order chi connectivity index (χ0) is 20.2. The van der Waals surface area contributed by atoms with Crippen LogP contribution in [-0.4, -0.2) is 39.9 Å². The molecule has 1 N–H and O–H groups in total. The second-order valence-electron chi connectivity index (χ2n) is 8.05. The zero-order valence-corrected chi connectivity index (χ0v) is 16.1. The number of nitrogens with zero attached hydrogens (tertiary/aromatic N) is 7. The molecule has 0 bridgehead atoms. The molecule has 0 amide bonds. The van der Waals surface area contributed by atoms with Crippen molar-refractivity contribution < 1.29 is 9.50 Å². The number of benzene rings is 1. The molecule has 3 aromatic heterocycles. The summed E-state index contributed by atoms with van der Waals surface area (Å²) in [6.07, 6.45) is 3.59. The van der Waals surface area contributed by atoms with Crippen LogP contribution in [0, 0.1) is 5.82 Å². The van der Waals surface area contributed by atoms with E-state index in [0.29, 0.717) is 23.6 Å². The number of rotatable bonds is 5. The third-order valence-electron chi connectivity index (χ3n) is 5.39. The quantitative estimate of drug-likeness (QED) is 0.559. The fourth-order valence-corrected chi connectivity index (χ4v) is 3.65. The van der Waals surface area contributed by atoms with Gasteiger partial charge in [0, 0.05) is 11.8 Å². The Morgan fingerprint density at radius 1 is 1.10 bits per heavy atom. The molecular weight excluding hydrogens is 373 g/mol. The maximum Gasteiger partial charge on any atom is 0.188 e. The van der Waals surface area contributed by atoms with Gasteiger partial charge >= 0.3 is 0 Å². The number of aromatic nitrogens is 7. The van der Waals surface area contributed by atoms with Gasteiger partial charge in [0.1, 0.15) is 5.82 Å². The predicted molar refractivity (Wildman–Crippen MR) is 102 cm³/mol. The minimum atomic E-state index is -1.03. The summed E-state index contributed by atoms with van der Waals surface area (Å²) in [6, 6.07) is 9.97. The number of aliphatic hydroxyl groups is 1. The second kappa shape index (κ2) is 6.15. The average molecular weight is 393 g/mol. The van der Waals surface area contributed by atoms with Crippen molar-refractivity contribution in [1.29, 1.82) is 0 Å². The first-order valence-corrected chi connectivity index (χ1v) is 9.47. The Kier molecular flexibility index (Phi) is 3.79. The number of hydrogen-bond acceptors (Lipinski definition) is 6. The van der Waals surface area contributed by atoms with Gasteiger partial charge in [-0.3, -0.25) is 4.40 Å². The van der Waals surface area contributed by atoms with Crippen LogP contribution in [0.5, 0.6) is 0 Å². The molecule has 9 heteroatoms. The van der Waals surface area contributed by atoms with Crippen molar-refractivity contribution >= 4 is 5.65 Å². The summed E-state index contributed by atoms with van der Waals surface area (Å²) in [7, 11) is 0. The summed E-state index contributed by atoms with van der Waals surface area (Å²) in [4.78, 5) is 1.51. The Morgan fingerprint density at radius 2 is 1.86 bits per heavy atom. The highest BCUT2D eigenvalue weighted by Gasteiger charge is 2.53. The first-order chi connectivity index (χ1) is 13.9. The molecule has 3 heterocycles. The van der Waals surface area contributed by atoms with Crippen molar-refractivity contribution in [3.8, 4) is 0 Å². The van der Waals surface area contributed by atoms with E-state index >= 15 is 0 Å². The van der Waals surface area contributed by atoms with Crippen LogP contribution in [0.25, 0.3) is 5.65 Å². The van der Waals surface area contributed by atoms with Gasteiger partial charge in [0.25, 0.3) is 0 Å². The number of hydrogen-bond donors (Lipinski definition) is 1. The van der Waals surface area contributed by atoms with Gasteiger partial charge in [-0.05, 0) is 55.7 Å². The van der Waals surface area contributed by atoms with Crippen molar-refractivity contribution in [2.24, 2.45) is 0 Å². The van der Waals surface area contributed by atoms with E-state index in [1.54, 1.807) is 26.0 Å². The van der Waals surface area contributed by atoms with Crippen LogP contribution in [0.4, 0.5) is 4.39 Å².